The van der Waals surface area contributed by atoms with E-state index < -0.39 is 16.4 Å². The second-order valence-electron chi connectivity index (χ2n) is 3.00. The highest BCUT2D eigenvalue weighted by molar-refractivity contribution is 9.09. The summed E-state index contributed by atoms with van der Waals surface area (Å²) in [4.78, 5) is 32.0. The zero-order chi connectivity index (χ0) is 13.0. The fourth-order valence-corrected chi connectivity index (χ4v) is 1.57. The maximum atomic E-state index is 11.4. The van der Waals surface area contributed by atoms with Crippen LogP contribution in [-0.2, 0) is 0 Å². The van der Waals surface area contributed by atoms with Crippen LogP contribution in [0.5, 0.6) is 0 Å². The van der Waals surface area contributed by atoms with Gasteiger partial charge in [0.1, 0.15) is 11.6 Å². The molecule has 0 spiro atoms. The molecule has 0 fully saturated rings. The van der Waals surface area contributed by atoms with Gasteiger partial charge in [-0.3, -0.25) is 19.7 Å². The molecule has 0 heterocycles. The molecule has 0 aliphatic heterocycles. The molecule has 0 aliphatic carbocycles. The van der Waals surface area contributed by atoms with Crippen LogP contribution in [0.25, 0.3) is 0 Å². The Hall–Kier alpha value is -2.07. The van der Waals surface area contributed by atoms with E-state index in [1.54, 1.807) is 6.07 Å². The van der Waals surface area contributed by atoms with Crippen LogP contribution in [0.2, 0.25) is 0 Å². The molecule has 6 nitrogen and oxygen atoms in total. The molecular weight excluding hydrogens is 292 g/mol. The SMILES string of the molecule is N#Cc1cc(C(=O)CBr)cc([N+](=O)[O-])c1C=O. The summed E-state index contributed by atoms with van der Waals surface area (Å²) in [6, 6.07) is 3.82. The largest absolute Gasteiger partial charge is 0.298 e. The standard InChI is InChI=1S/C10H5BrN2O4/c11-3-10(15)6-1-7(4-12)8(5-14)9(2-6)13(16)17/h1-2,5H,3H2. The summed E-state index contributed by atoms with van der Waals surface area (Å²) in [5, 5.41) is 19.5. The van der Waals surface area contributed by atoms with Gasteiger partial charge in [0.15, 0.2) is 12.1 Å². The van der Waals surface area contributed by atoms with Gasteiger partial charge in [-0.25, -0.2) is 0 Å². The minimum absolute atomic E-state index is 0.0184. The number of halogens is 1. The highest BCUT2D eigenvalue weighted by atomic mass is 79.9. The van der Waals surface area contributed by atoms with Crippen molar-refractivity contribution in [3.05, 3.63) is 38.9 Å². The number of nitro benzene ring substituents is 1. The van der Waals surface area contributed by atoms with E-state index in [4.69, 9.17) is 5.26 Å². The van der Waals surface area contributed by atoms with Crippen LogP contribution in [-0.4, -0.2) is 22.3 Å². The molecule has 17 heavy (non-hydrogen) atoms. The summed E-state index contributed by atoms with van der Waals surface area (Å²) in [6.45, 7) is 0. The van der Waals surface area contributed by atoms with Crippen LogP contribution in [0, 0.1) is 21.4 Å². The number of carbonyl (C=O) groups excluding carboxylic acids is 2. The van der Waals surface area contributed by atoms with Crippen molar-refractivity contribution < 1.29 is 14.5 Å². The molecule has 0 amide bonds. The van der Waals surface area contributed by atoms with Crippen molar-refractivity contribution >= 4 is 33.7 Å². The number of hydrogen-bond acceptors (Lipinski definition) is 5. The number of Topliss-reactive ketones (excluding diaryl/α,β-unsaturated/α-hetero) is 1. The van der Waals surface area contributed by atoms with Gasteiger partial charge in [0, 0.05) is 11.6 Å². The molecule has 0 aliphatic rings. The molecule has 0 saturated heterocycles. The topological polar surface area (TPSA) is 101 Å². The van der Waals surface area contributed by atoms with Gasteiger partial charge in [0.2, 0.25) is 0 Å². The Bertz CT molecular complexity index is 548. The summed E-state index contributed by atoms with van der Waals surface area (Å²) in [7, 11) is 0. The van der Waals surface area contributed by atoms with Gasteiger partial charge in [-0.2, -0.15) is 5.26 Å². The molecule has 0 saturated carbocycles. The second-order valence-corrected chi connectivity index (χ2v) is 3.56. The van der Waals surface area contributed by atoms with Crippen LogP contribution in [0.1, 0.15) is 26.3 Å². The average molecular weight is 297 g/mol. The van der Waals surface area contributed by atoms with E-state index in [0.717, 1.165) is 6.07 Å². The van der Waals surface area contributed by atoms with Gasteiger partial charge in [-0.1, -0.05) is 15.9 Å². The Balaban J connectivity index is 3.58. The molecule has 0 bridgehead atoms. The van der Waals surface area contributed by atoms with Crippen molar-refractivity contribution in [2.75, 3.05) is 5.33 Å². The van der Waals surface area contributed by atoms with Crippen molar-refractivity contribution in [2.24, 2.45) is 0 Å². The summed E-state index contributed by atoms with van der Waals surface area (Å²) >= 11 is 2.92. The minimum Gasteiger partial charge on any atom is -0.298 e. The average Bonchev–Trinajstić information content (AvgIpc) is 2.35. The number of rotatable bonds is 4. The predicted octanol–water partition coefficient (Wildman–Crippen LogP) is 1.86. The smallest absolute Gasteiger partial charge is 0.281 e. The number of hydrogen-bond donors (Lipinski definition) is 0. The Labute approximate surface area is 104 Å². The van der Waals surface area contributed by atoms with Gasteiger partial charge in [0.05, 0.1) is 15.8 Å². The molecule has 0 unspecified atom stereocenters. The highest BCUT2D eigenvalue weighted by Crippen LogP contribution is 2.23. The fraction of sp³-hybridized carbons (Fsp3) is 0.100. The predicted molar refractivity (Wildman–Crippen MR) is 61.3 cm³/mol. The summed E-state index contributed by atoms with van der Waals surface area (Å²) in [5.41, 5.74) is -1.01. The Morgan fingerprint density at radius 1 is 1.59 bits per heavy atom. The van der Waals surface area contributed by atoms with E-state index in [2.05, 4.69) is 15.9 Å². The first kappa shape index (κ1) is 13.0. The Kier molecular flexibility index (Phi) is 4.06. The van der Waals surface area contributed by atoms with Crippen LogP contribution >= 0.6 is 15.9 Å². The third-order valence-electron chi connectivity index (χ3n) is 2.04. The van der Waals surface area contributed by atoms with Gasteiger partial charge in [0.25, 0.3) is 5.69 Å². The molecule has 1 aromatic carbocycles. The van der Waals surface area contributed by atoms with E-state index in [0.29, 0.717) is 0 Å². The lowest BCUT2D eigenvalue weighted by Crippen LogP contribution is -2.05. The van der Waals surface area contributed by atoms with Crippen LogP contribution in [0.4, 0.5) is 5.69 Å². The number of benzene rings is 1. The minimum atomic E-state index is -0.796. The monoisotopic (exact) mass is 296 g/mol. The van der Waals surface area contributed by atoms with Gasteiger partial charge in [-0.15, -0.1) is 0 Å². The number of aldehydes is 1. The molecule has 0 N–H and O–H groups in total. The molecule has 0 radical (unpaired) electrons. The van der Waals surface area contributed by atoms with E-state index in [1.807, 2.05) is 0 Å². The van der Waals surface area contributed by atoms with Crippen molar-refractivity contribution in [2.45, 2.75) is 0 Å². The number of nitro groups is 1. The summed E-state index contributed by atoms with van der Waals surface area (Å²) in [6.07, 6.45) is 0.235. The van der Waals surface area contributed by atoms with Gasteiger partial charge >= 0.3 is 0 Å². The molecule has 86 valence electrons. The Morgan fingerprint density at radius 2 is 2.24 bits per heavy atom. The first-order valence-electron chi connectivity index (χ1n) is 4.32. The van der Waals surface area contributed by atoms with Crippen LogP contribution in [0.3, 0.4) is 0 Å². The highest BCUT2D eigenvalue weighted by Gasteiger charge is 2.21. The first-order valence-corrected chi connectivity index (χ1v) is 5.44. The van der Waals surface area contributed by atoms with Crippen LogP contribution in [0.15, 0.2) is 12.1 Å². The molecule has 1 aromatic rings. The van der Waals surface area contributed by atoms with E-state index >= 15 is 0 Å². The number of nitrogens with zero attached hydrogens (tertiary/aromatic N) is 2. The first-order chi connectivity index (χ1) is 8.04. The summed E-state index contributed by atoms with van der Waals surface area (Å²) < 4.78 is 0. The van der Waals surface area contributed by atoms with Crippen molar-refractivity contribution in [3.8, 4) is 6.07 Å². The number of carbonyl (C=O) groups is 2. The van der Waals surface area contributed by atoms with Crippen molar-refractivity contribution in [1.82, 2.24) is 0 Å². The van der Waals surface area contributed by atoms with Crippen molar-refractivity contribution in [3.63, 3.8) is 0 Å². The molecular formula is C10H5BrN2O4. The second kappa shape index (κ2) is 5.32. The fourth-order valence-electron chi connectivity index (χ4n) is 1.24. The maximum Gasteiger partial charge on any atom is 0.281 e. The van der Waals surface area contributed by atoms with Crippen LogP contribution < -0.4 is 0 Å². The van der Waals surface area contributed by atoms with E-state index in [-0.39, 0.29) is 28.3 Å². The molecule has 0 aromatic heterocycles. The molecule has 1 rings (SSSR count). The number of nitriles is 1. The lowest BCUT2D eigenvalue weighted by Gasteiger charge is -2.02. The quantitative estimate of drug-likeness (QED) is 0.277. The zero-order valence-electron chi connectivity index (χ0n) is 8.34. The lowest BCUT2D eigenvalue weighted by atomic mass is 10.0. The maximum absolute atomic E-state index is 11.4. The molecule has 0 atom stereocenters. The van der Waals surface area contributed by atoms with Gasteiger partial charge in [-0.05, 0) is 6.07 Å². The number of ketones is 1. The third-order valence-corrected chi connectivity index (χ3v) is 2.55. The van der Waals surface area contributed by atoms with E-state index in [9.17, 15) is 19.7 Å². The summed E-state index contributed by atoms with van der Waals surface area (Å²) in [5.74, 6) is -0.401. The van der Waals surface area contributed by atoms with Gasteiger partial charge < -0.3 is 0 Å². The Morgan fingerprint density at radius 3 is 2.65 bits per heavy atom. The van der Waals surface area contributed by atoms with Crippen molar-refractivity contribution in [1.29, 1.82) is 5.26 Å². The number of alkyl halides is 1. The van der Waals surface area contributed by atoms with E-state index in [1.165, 1.54) is 6.07 Å². The molecule has 7 heteroatoms. The third kappa shape index (κ3) is 2.54. The zero-order valence-corrected chi connectivity index (χ0v) is 9.93. The lowest BCUT2D eigenvalue weighted by molar-refractivity contribution is -0.385. The normalized spacial score (nSPS) is 9.41.